The van der Waals surface area contributed by atoms with Crippen molar-refractivity contribution in [2.24, 2.45) is 0 Å². The largest absolute Gasteiger partial charge is 0.386 e. The van der Waals surface area contributed by atoms with Gasteiger partial charge >= 0.3 is 0 Å². The zero-order valence-corrected chi connectivity index (χ0v) is 15.1. The number of likely N-dealkylation sites (N-methyl/N-ethyl adjacent to an activating group) is 1. The van der Waals surface area contributed by atoms with Gasteiger partial charge in [-0.3, -0.25) is 9.78 Å². The fourth-order valence-electron chi connectivity index (χ4n) is 3.33. The number of hydrogen-bond donors (Lipinski definition) is 1. The van der Waals surface area contributed by atoms with Gasteiger partial charge in [-0.2, -0.15) is 0 Å². The van der Waals surface area contributed by atoms with E-state index in [1.807, 2.05) is 23.1 Å². The van der Waals surface area contributed by atoms with Crippen molar-refractivity contribution in [2.75, 3.05) is 38.7 Å². The molecule has 2 aromatic rings. The second kappa shape index (κ2) is 7.80. The van der Waals surface area contributed by atoms with Gasteiger partial charge in [-0.05, 0) is 24.1 Å². The minimum Gasteiger partial charge on any atom is -0.386 e. The van der Waals surface area contributed by atoms with E-state index in [0.717, 1.165) is 11.4 Å². The Morgan fingerprint density at radius 3 is 3.00 bits per heavy atom. The number of methoxy groups -OCH3 is 1. The molecule has 1 aromatic carbocycles. The highest BCUT2D eigenvalue weighted by Crippen LogP contribution is 2.26. The standard InChI is InChI=1S/C19H24N4O3/c1-22(18(24)16-5-3-4-15(10-16)12-26-2)13-19(25)6-9-23(14-19)17-11-20-7-8-21-17/h3-5,7-8,10-11,25H,6,9,12-14H2,1-2H3/t19-/m1/s1. The minimum atomic E-state index is -0.966. The molecule has 1 atom stereocenters. The van der Waals surface area contributed by atoms with E-state index in [0.29, 0.717) is 31.7 Å². The Bertz CT molecular complexity index is 755. The van der Waals surface area contributed by atoms with E-state index in [2.05, 4.69) is 9.97 Å². The first kappa shape index (κ1) is 18.3. The van der Waals surface area contributed by atoms with E-state index in [1.54, 1.807) is 43.7 Å². The minimum absolute atomic E-state index is 0.116. The van der Waals surface area contributed by atoms with Crippen molar-refractivity contribution < 1.29 is 14.6 Å². The van der Waals surface area contributed by atoms with Crippen molar-refractivity contribution >= 4 is 11.7 Å². The van der Waals surface area contributed by atoms with Gasteiger partial charge in [0.2, 0.25) is 0 Å². The van der Waals surface area contributed by atoms with Crippen molar-refractivity contribution in [1.82, 2.24) is 14.9 Å². The summed E-state index contributed by atoms with van der Waals surface area (Å²) in [6.45, 7) is 1.83. The lowest BCUT2D eigenvalue weighted by Crippen LogP contribution is -2.46. The first-order valence-electron chi connectivity index (χ1n) is 8.57. The predicted molar refractivity (Wildman–Crippen MR) is 97.9 cm³/mol. The Labute approximate surface area is 153 Å². The molecule has 1 fully saturated rings. The first-order chi connectivity index (χ1) is 12.5. The molecule has 7 nitrogen and oxygen atoms in total. The number of anilines is 1. The number of benzene rings is 1. The number of carbonyl (C=O) groups excluding carboxylic acids is 1. The van der Waals surface area contributed by atoms with E-state index in [1.165, 1.54) is 0 Å². The van der Waals surface area contributed by atoms with Crippen LogP contribution in [0.2, 0.25) is 0 Å². The summed E-state index contributed by atoms with van der Waals surface area (Å²) < 4.78 is 5.12. The smallest absolute Gasteiger partial charge is 0.253 e. The average Bonchev–Trinajstić information content (AvgIpc) is 3.04. The Balaban J connectivity index is 1.64. The number of aliphatic hydroxyl groups is 1. The molecule has 0 spiro atoms. The van der Waals surface area contributed by atoms with Crippen molar-refractivity contribution in [3.63, 3.8) is 0 Å². The fraction of sp³-hybridized carbons (Fsp3) is 0.421. The molecular weight excluding hydrogens is 332 g/mol. The number of nitrogens with zero attached hydrogens (tertiary/aromatic N) is 4. The molecule has 26 heavy (non-hydrogen) atoms. The second-order valence-electron chi connectivity index (χ2n) is 6.75. The van der Waals surface area contributed by atoms with Gasteiger partial charge in [0, 0.05) is 45.2 Å². The van der Waals surface area contributed by atoms with E-state index in [9.17, 15) is 9.90 Å². The molecule has 0 bridgehead atoms. The monoisotopic (exact) mass is 356 g/mol. The number of ether oxygens (including phenoxy) is 1. The number of hydrogen-bond acceptors (Lipinski definition) is 6. The summed E-state index contributed by atoms with van der Waals surface area (Å²) in [6.07, 6.45) is 5.51. The van der Waals surface area contributed by atoms with E-state index in [-0.39, 0.29) is 12.5 Å². The van der Waals surface area contributed by atoms with Gasteiger partial charge in [-0.15, -0.1) is 0 Å². The molecule has 138 valence electrons. The van der Waals surface area contributed by atoms with Crippen LogP contribution in [0.3, 0.4) is 0 Å². The normalized spacial score (nSPS) is 19.6. The lowest BCUT2D eigenvalue weighted by atomic mass is 10.0. The maximum atomic E-state index is 12.7. The molecule has 0 unspecified atom stereocenters. The number of β-amino-alcohol motifs (C(OH)–C–C–N with tert-alkyl or cyclic N) is 1. The predicted octanol–water partition coefficient (Wildman–Crippen LogP) is 1.34. The van der Waals surface area contributed by atoms with E-state index in [4.69, 9.17) is 4.74 Å². The second-order valence-corrected chi connectivity index (χ2v) is 6.75. The van der Waals surface area contributed by atoms with Crippen LogP contribution in [0.1, 0.15) is 22.3 Å². The topological polar surface area (TPSA) is 78.8 Å². The SMILES string of the molecule is COCc1cccc(C(=O)N(C)C[C@]2(O)CCN(c3cnccn3)C2)c1. The lowest BCUT2D eigenvalue weighted by molar-refractivity contribution is 0.0264. The summed E-state index contributed by atoms with van der Waals surface area (Å²) in [6, 6.07) is 7.37. The molecule has 0 aliphatic carbocycles. The lowest BCUT2D eigenvalue weighted by Gasteiger charge is -2.29. The highest BCUT2D eigenvalue weighted by atomic mass is 16.5. The summed E-state index contributed by atoms with van der Waals surface area (Å²) in [4.78, 5) is 24.6. The molecule has 1 aliphatic heterocycles. The molecular formula is C19H24N4O3. The third-order valence-corrected chi connectivity index (χ3v) is 4.57. The van der Waals surface area contributed by atoms with E-state index < -0.39 is 5.60 Å². The van der Waals surface area contributed by atoms with Gasteiger partial charge in [0.05, 0.1) is 19.3 Å². The van der Waals surface area contributed by atoms with Gasteiger partial charge in [0.1, 0.15) is 11.4 Å². The molecule has 1 aliphatic rings. The van der Waals surface area contributed by atoms with Crippen LogP contribution < -0.4 is 4.90 Å². The summed E-state index contributed by atoms with van der Waals surface area (Å²) in [5.41, 5.74) is 0.570. The van der Waals surface area contributed by atoms with Crippen LogP contribution in [-0.4, -0.2) is 65.3 Å². The average molecular weight is 356 g/mol. The molecule has 0 radical (unpaired) electrons. The quantitative estimate of drug-likeness (QED) is 0.841. The van der Waals surface area contributed by atoms with Crippen LogP contribution in [0.5, 0.6) is 0 Å². The van der Waals surface area contributed by atoms with Crippen molar-refractivity contribution in [3.05, 3.63) is 54.0 Å². The maximum Gasteiger partial charge on any atom is 0.253 e. The number of aromatic nitrogens is 2. The molecule has 1 N–H and O–H groups in total. The van der Waals surface area contributed by atoms with Crippen molar-refractivity contribution in [3.8, 4) is 0 Å². The van der Waals surface area contributed by atoms with Gasteiger partial charge < -0.3 is 19.6 Å². The molecule has 1 saturated heterocycles. The molecule has 3 rings (SSSR count). The van der Waals surface area contributed by atoms with Crippen molar-refractivity contribution in [2.45, 2.75) is 18.6 Å². The Hall–Kier alpha value is -2.51. The Morgan fingerprint density at radius 1 is 1.42 bits per heavy atom. The van der Waals surface area contributed by atoms with Gasteiger partial charge in [-0.1, -0.05) is 12.1 Å². The van der Waals surface area contributed by atoms with Crippen LogP contribution in [0.25, 0.3) is 0 Å². The van der Waals surface area contributed by atoms with Gasteiger partial charge in [0.15, 0.2) is 0 Å². The van der Waals surface area contributed by atoms with E-state index >= 15 is 0 Å². The van der Waals surface area contributed by atoms with Crippen LogP contribution >= 0.6 is 0 Å². The Morgan fingerprint density at radius 2 is 2.27 bits per heavy atom. The summed E-state index contributed by atoms with van der Waals surface area (Å²) in [5.74, 6) is 0.624. The first-order valence-corrected chi connectivity index (χ1v) is 8.57. The third-order valence-electron chi connectivity index (χ3n) is 4.57. The number of amides is 1. The highest BCUT2D eigenvalue weighted by molar-refractivity contribution is 5.94. The van der Waals surface area contributed by atoms with Crippen LogP contribution in [0.15, 0.2) is 42.9 Å². The zero-order valence-electron chi connectivity index (χ0n) is 15.1. The maximum absolute atomic E-state index is 12.7. The van der Waals surface area contributed by atoms with Crippen LogP contribution in [0, 0.1) is 0 Å². The number of carbonyl (C=O) groups is 1. The molecule has 2 heterocycles. The van der Waals surface area contributed by atoms with Gasteiger partial charge in [0.25, 0.3) is 5.91 Å². The van der Waals surface area contributed by atoms with Crippen LogP contribution in [0.4, 0.5) is 5.82 Å². The Kier molecular flexibility index (Phi) is 5.49. The molecule has 7 heteroatoms. The zero-order chi connectivity index (χ0) is 18.6. The summed E-state index contributed by atoms with van der Waals surface area (Å²) in [5, 5.41) is 10.9. The molecule has 0 saturated carbocycles. The van der Waals surface area contributed by atoms with Crippen molar-refractivity contribution in [1.29, 1.82) is 0 Å². The third kappa shape index (κ3) is 4.17. The highest BCUT2D eigenvalue weighted by Gasteiger charge is 2.38. The van der Waals surface area contributed by atoms with Crippen LogP contribution in [-0.2, 0) is 11.3 Å². The molecule has 1 amide bonds. The summed E-state index contributed by atoms with van der Waals surface area (Å²) in [7, 11) is 3.34. The van der Waals surface area contributed by atoms with Gasteiger partial charge in [-0.25, -0.2) is 4.98 Å². The molecule has 1 aromatic heterocycles. The number of rotatable bonds is 6. The fourth-order valence-corrected chi connectivity index (χ4v) is 3.33. The summed E-state index contributed by atoms with van der Waals surface area (Å²) >= 11 is 0.